The SMILES string of the molecule is CC(C)Oc1ncccc1NC(=O)N1C[C@@H](C(F)(F)F)[C@H](C(=O)O)C1. The van der Waals surface area contributed by atoms with Crippen LogP contribution in [-0.4, -0.2) is 52.4 Å². The molecule has 1 fully saturated rings. The second-order valence-corrected chi connectivity index (χ2v) is 5.95. The van der Waals surface area contributed by atoms with E-state index in [0.717, 1.165) is 4.90 Å². The second kappa shape index (κ2) is 7.16. The lowest BCUT2D eigenvalue weighted by atomic mass is 9.96. The molecule has 25 heavy (non-hydrogen) atoms. The summed E-state index contributed by atoms with van der Waals surface area (Å²) in [5, 5.41) is 11.4. The molecule has 10 heteroatoms. The van der Waals surface area contributed by atoms with Crippen molar-refractivity contribution in [2.75, 3.05) is 18.4 Å². The number of aliphatic carboxylic acids is 1. The smallest absolute Gasteiger partial charge is 0.394 e. The number of likely N-dealkylation sites (tertiary alicyclic amines) is 1. The fourth-order valence-electron chi connectivity index (χ4n) is 2.55. The van der Waals surface area contributed by atoms with Crippen LogP contribution in [0.5, 0.6) is 5.88 Å². The molecule has 2 N–H and O–H groups in total. The molecule has 0 radical (unpaired) electrons. The molecule has 2 atom stereocenters. The van der Waals surface area contributed by atoms with Crippen LogP contribution < -0.4 is 10.1 Å². The van der Waals surface area contributed by atoms with Gasteiger partial charge in [-0.2, -0.15) is 13.2 Å². The van der Waals surface area contributed by atoms with Gasteiger partial charge in [-0.1, -0.05) is 0 Å². The average molecular weight is 361 g/mol. The van der Waals surface area contributed by atoms with Crippen LogP contribution in [0.4, 0.5) is 23.7 Å². The van der Waals surface area contributed by atoms with Gasteiger partial charge in [0.15, 0.2) is 0 Å². The molecule has 0 unspecified atom stereocenters. The Kier molecular flexibility index (Phi) is 5.39. The number of halogens is 3. The number of alkyl halides is 3. The van der Waals surface area contributed by atoms with Crippen LogP contribution in [0.1, 0.15) is 13.8 Å². The fourth-order valence-corrected chi connectivity index (χ4v) is 2.55. The fraction of sp³-hybridized carbons (Fsp3) is 0.533. The molecule has 7 nitrogen and oxygen atoms in total. The first-order valence-corrected chi connectivity index (χ1v) is 7.56. The third-order valence-electron chi connectivity index (χ3n) is 3.70. The number of pyridine rings is 1. The highest BCUT2D eigenvalue weighted by atomic mass is 19.4. The number of nitrogens with one attached hydrogen (secondary N) is 1. The van der Waals surface area contributed by atoms with Crippen LogP contribution >= 0.6 is 0 Å². The van der Waals surface area contributed by atoms with Gasteiger partial charge in [0.05, 0.1) is 17.9 Å². The number of ether oxygens (including phenoxy) is 1. The predicted molar refractivity (Wildman–Crippen MR) is 81.3 cm³/mol. The number of aromatic nitrogens is 1. The van der Waals surface area contributed by atoms with Gasteiger partial charge in [-0.3, -0.25) is 4.79 Å². The number of carbonyl (C=O) groups is 2. The lowest BCUT2D eigenvalue weighted by Crippen LogP contribution is -2.35. The number of anilines is 1. The highest BCUT2D eigenvalue weighted by Gasteiger charge is 2.53. The zero-order valence-corrected chi connectivity index (χ0v) is 13.6. The van der Waals surface area contributed by atoms with Crippen LogP contribution in [0, 0.1) is 11.8 Å². The van der Waals surface area contributed by atoms with E-state index in [0.29, 0.717) is 0 Å². The zero-order valence-electron chi connectivity index (χ0n) is 13.6. The first kappa shape index (κ1) is 18.8. The minimum atomic E-state index is -4.70. The highest BCUT2D eigenvalue weighted by molar-refractivity contribution is 5.91. The van der Waals surface area contributed by atoms with Crippen LogP contribution in [0.3, 0.4) is 0 Å². The number of urea groups is 1. The van der Waals surface area contributed by atoms with E-state index < -0.39 is 43.1 Å². The Labute approximate surface area is 141 Å². The summed E-state index contributed by atoms with van der Waals surface area (Å²) in [6, 6.07) is 2.19. The number of rotatable bonds is 4. The number of hydrogen-bond acceptors (Lipinski definition) is 4. The first-order valence-electron chi connectivity index (χ1n) is 7.56. The molecule has 0 bridgehead atoms. The minimum Gasteiger partial charge on any atom is -0.481 e. The molecule has 2 heterocycles. The Hall–Kier alpha value is -2.52. The lowest BCUT2D eigenvalue weighted by Gasteiger charge is -2.19. The summed E-state index contributed by atoms with van der Waals surface area (Å²) in [5.41, 5.74) is 0.198. The molecule has 0 saturated carbocycles. The van der Waals surface area contributed by atoms with Crippen molar-refractivity contribution in [2.45, 2.75) is 26.1 Å². The number of carboxylic acid groups (broad SMARTS) is 1. The monoisotopic (exact) mass is 361 g/mol. The molecule has 1 saturated heterocycles. The maximum atomic E-state index is 13.0. The number of amides is 2. The van der Waals surface area contributed by atoms with E-state index >= 15 is 0 Å². The maximum Gasteiger partial charge on any atom is 0.394 e. The summed E-state index contributed by atoms with van der Waals surface area (Å²) >= 11 is 0. The molecule has 1 aliphatic heterocycles. The van der Waals surface area contributed by atoms with E-state index in [-0.39, 0.29) is 17.7 Å². The molecule has 1 aromatic heterocycles. The van der Waals surface area contributed by atoms with E-state index in [9.17, 15) is 22.8 Å². The molecular weight excluding hydrogens is 343 g/mol. The largest absolute Gasteiger partial charge is 0.481 e. The van der Waals surface area contributed by atoms with Crippen molar-refractivity contribution in [3.05, 3.63) is 18.3 Å². The third-order valence-corrected chi connectivity index (χ3v) is 3.70. The van der Waals surface area contributed by atoms with Gasteiger partial charge in [-0.25, -0.2) is 9.78 Å². The van der Waals surface area contributed by atoms with Gasteiger partial charge in [0.25, 0.3) is 0 Å². The Bertz CT molecular complexity index is 651. The zero-order chi connectivity index (χ0) is 18.8. The molecule has 138 valence electrons. The minimum absolute atomic E-state index is 0.132. The molecule has 0 aromatic carbocycles. The van der Waals surface area contributed by atoms with E-state index in [1.54, 1.807) is 13.8 Å². The second-order valence-electron chi connectivity index (χ2n) is 5.95. The predicted octanol–water partition coefficient (Wildman–Crippen LogP) is 2.60. The highest BCUT2D eigenvalue weighted by Crippen LogP contribution is 2.38. The summed E-state index contributed by atoms with van der Waals surface area (Å²) < 4.78 is 44.4. The summed E-state index contributed by atoms with van der Waals surface area (Å²) in [4.78, 5) is 28.1. The number of carbonyl (C=O) groups excluding carboxylic acids is 1. The van der Waals surface area contributed by atoms with Crippen LogP contribution in [0.25, 0.3) is 0 Å². The maximum absolute atomic E-state index is 13.0. The molecule has 0 spiro atoms. The average Bonchev–Trinajstić information content (AvgIpc) is 2.94. The summed E-state index contributed by atoms with van der Waals surface area (Å²) in [6.07, 6.45) is -3.47. The topological polar surface area (TPSA) is 91.8 Å². The first-order chi connectivity index (χ1) is 11.6. The lowest BCUT2D eigenvalue weighted by molar-refractivity contribution is -0.187. The summed E-state index contributed by atoms with van der Waals surface area (Å²) in [5.74, 6) is -5.24. The molecule has 2 amide bonds. The van der Waals surface area contributed by atoms with Crippen LogP contribution in [-0.2, 0) is 4.79 Å². The van der Waals surface area contributed by atoms with Crippen molar-refractivity contribution >= 4 is 17.7 Å². The summed E-state index contributed by atoms with van der Waals surface area (Å²) in [7, 11) is 0. The third kappa shape index (κ3) is 4.52. The molecule has 2 rings (SSSR count). The Morgan fingerprint density at radius 2 is 2.08 bits per heavy atom. The number of carboxylic acids is 1. The van der Waals surface area contributed by atoms with Crippen molar-refractivity contribution in [1.82, 2.24) is 9.88 Å². The van der Waals surface area contributed by atoms with E-state index in [2.05, 4.69) is 10.3 Å². The van der Waals surface area contributed by atoms with E-state index in [4.69, 9.17) is 9.84 Å². The Morgan fingerprint density at radius 1 is 1.40 bits per heavy atom. The van der Waals surface area contributed by atoms with Gasteiger partial charge in [-0.15, -0.1) is 0 Å². The standard InChI is InChI=1S/C15H18F3N3O4/c1-8(2)25-12-11(4-3-5-19-12)20-14(24)21-6-9(13(22)23)10(7-21)15(16,17)18/h3-5,8-10H,6-7H2,1-2H3,(H,20,24)(H,22,23)/t9-,10-/m1/s1. The molecule has 1 aromatic rings. The van der Waals surface area contributed by atoms with Crippen molar-refractivity contribution in [3.63, 3.8) is 0 Å². The van der Waals surface area contributed by atoms with Gasteiger partial charge >= 0.3 is 18.2 Å². The van der Waals surface area contributed by atoms with Gasteiger partial charge in [0, 0.05) is 19.3 Å². The van der Waals surface area contributed by atoms with Crippen molar-refractivity contribution in [3.8, 4) is 5.88 Å². The quantitative estimate of drug-likeness (QED) is 0.860. The van der Waals surface area contributed by atoms with Gasteiger partial charge < -0.3 is 20.1 Å². The van der Waals surface area contributed by atoms with Crippen molar-refractivity contribution < 1.29 is 32.6 Å². The van der Waals surface area contributed by atoms with Crippen LogP contribution in [0.15, 0.2) is 18.3 Å². The van der Waals surface area contributed by atoms with Gasteiger partial charge in [-0.05, 0) is 26.0 Å². The summed E-state index contributed by atoms with van der Waals surface area (Å²) in [6.45, 7) is 2.27. The Morgan fingerprint density at radius 3 is 2.60 bits per heavy atom. The van der Waals surface area contributed by atoms with E-state index in [1.165, 1.54) is 18.3 Å². The van der Waals surface area contributed by atoms with Gasteiger partial charge in [0.2, 0.25) is 5.88 Å². The van der Waals surface area contributed by atoms with Gasteiger partial charge in [0.1, 0.15) is 5.69 Å². The van der Waals surface area contributed by atoms with Crippen molar-refractivity contribution in [1.29, 1.82) is 0 Å². The van der Waals surface area contributed by atoms with Crippen molar-refractivity contribution in [2.24, 2.45) is 11.8 Å². The number of nitrogens with zero attached hydrogens (tertiary/aromatic N) is 2. The number of hydrogen-bond donors (Lipinski definition) is 2. The van der Waals surface area contributed by atoms with E-state index in [1.807, 2.05) is 0 Å². The Balaban J connectivity index is 2.13. The molecule has 0 aliphatic carbocycles. The van der Waals surface area contributed by atoms with Crippen LogP contribution in [0.2, 0.25) is 0 Å². The normalized spacial score (nSPS) is 20.6. The molecular formula is C15H18F3N3O4. The molecule has 1 aliphatic rings.